The van der Waals surface area contributed by atoms with Gasteiger partial charge < -0.3 is 9.84 Å². The molecule has 0 saturated heterocycles. The SMILES string of the molecule is CC1=C(CC/C(C)=C\CC/C(C)=C\CCC2=CC(=O)O[C@@H]2O)C(C)(C)CCC1. The van der Waals surface area contributed by atoms with Gasteiger partial charge in [0.15, 0.2) is 0 Å². The average molecular weight is 387 g/mol. The van der Waals surface area contributed by atoms with Crippen LogP contribution in [0.4, 0.5) is 0 Å². The first kappa shape index (κ1) is 22.7. The van der Waals surface area contributed by atoms with Crippen molar-refractivity contribution < 1.29 is 14.6 Å². The molecule has 2 rings (SSSR count). The number of aliphatic hydroxyl groups is 1. The van der Waals surface area contributed by atoms with E-state index >= 15 is 0 Å². The molecule has 0 radical (unpaired) electrons. The Morgan fingerprint density at radius 2 is 1.86 bits per heavy atom. The molecule has 28 heavy (non-hydrogen) atoms. The molecule has 1 heterocycles. The average Bonchev–Trinajstić information content (AvgIpc) is 2.91. The number of carbonyl (C=O) groups is 1. The van der Waals surface area contributed by atoms with Crippen LogP contribution in [0.5, 0.6) is 0 Å². The second kappa shape index (κ2) is 10.2. The maximum atomic E-state index is 11.1. The third-order valence-electron chi connectivity index (χ3n) is 6.26. The third-order valence-corrected chi connectivity index (χ3v) is 6.26. The van der Waals surface area contributed by atoms with Gasteiger partial charge in [-0.1, -0.05) is 48.3 Å². The summed E-state index contributed by atoms with van der Waals surface area (Å²) in [6, 6.07) is 0. The minimum Gasteiger partial charge on any atom is -0.429 e. The first-order valence-corrected chi connectivity index (χ1v) is 10.8. The van der Waals surface area contributed by atoms with Gasteiger partial charge in [-0.25, -0.2) is 4.79 Å². The summed E-state index contributed by atoms with van der Waals surface area (Å²) in [6.45, 7) is 11.5. The summed E-state index contributed by atoms with van der Waals surface area (Å²) in [6.07, 6.45) is 14.9. The smallest absolute Gasteiger partial charge is 0.333 e. The van der Waals surface area contributed by atoms with Crippen LogP contribution < -0.4 is 0 Å². The first-order chi connectivity index (χ1) is 13.2. The van der Waals surface area contributed by atoms with E-state index in [0.717, 1.165) is 19.3 Å². The van der Waals surface area contributed by atoms with Crippen LogP contribution in [0, 0.1) is 5.41 Å². The van der Waals surface area contributed by atoms with Crippen molar-refractivity contribution >= 4 is 5.97 Å². The zero-order valence-electron chi connectivity index (χ0n) is 18.4. The lowest BCUT2D eigenvalue weighted by molar-refractivity contribution is -0.151. The Kier molecular flexibility index (Phi) is 8.30. The summed E-state index contributed by atoms with van der Waals surface area (Å²) in [7, 11) is 0. The van der Waals surface area contributed by atoms with E-state index in [1.807, 2.05) is 0 Å². The first-order valence-electron chi connectivity index (χ1n) is 10.8. The van der Waals surface area contributed by atoms with Crippen molar-refractivity contribution in [3.05, 3.63) is 46.1 Å². The molecule has 0 unspecified atom stereocenters. The highest BCUT2D eigenvalue weighted by atomic mass is 16.6. The van der Waals surface area contributed by atoms with Gasteiger partial charge in [0.25, 0.3) is 0 Å². The van der Waals surface area contributed by atoms with Gasteiger partial charge >= 0.3 is 5.97 Å². The highest BCUT2D eigenvalue weighted by molar-refractivity contribution is 5.85. The third kappa shape index (κ3) is 6.77. The number of rotatable bonds is 9. The normalized spacial score (nSPS) is 23.1. The summed E-state index contributed by atoms with van der Waals surface area (Å²) in [5.74, 6) is -0.439. The van der Waals surface area contributed by atoms with Crippen molar-refractivity contribution in [2.75, 3.05) is 0 Å². The number of ether oxygens (including phenoxy) is 1. The van der Waals surface area contributed by atoms with Crippen molar-refractivity contribution in [1.29, 1.82) is 0 Å². The molecule has 2 aliphatic rings. The predicted octanol–water partition coefficient (Wildman–Crippen LogP) is 6.55. The van der Waals surface area contributed by atoms with E-state index in [1.54, 1.807) is 11.1 Å². The van der Waals surface area contributed by atoms with E-state index in [2.05, 4.69) is 46.8 Å². The van der Waals surface area contributed by atoms with E-state index in [9.17, 15) is 9.90 Å². The van der Waals surface area contributed by atoms with E-state index in [-0.39, 0.29) is 0 Å². The van der Waals surface area contributed by atoms with E-state index in [0.29, 0.717) is 17.4 Å². The molecule has 0 amide bonds. The second-order valence-electron chi connectivity index (χ2n) is 9.18. The maximum absolute atomic E-state index is 11.1. The van der Waals surface area contributed by atoms with Crippen molar-refractivity contribution in [2.24, 2.45) is 5.41 Å². The summed E-state index contributed by atoms with van der Waals surface area (Å²) in [5.41, 5.74) is 7.21. The minimum atomic E-state index is -1.04. The molecule has 0 aromatic heterocycles. The number of hydrogen-bond donors (Lipinski definition) is 1. The Balaban J connectivity index is 1.72. The van der Waals surface area contributed by atoms with Crippen LogP contribution >= 0.6 is 0 Å². The Morgan fingerprint density at radius 3 is 2.50 bits per heavy atom. The van der Waals surface area contributed by atoms with Crippen molar-refractivity contribution in [2.45, 2.75) is 98.7 Å². The summed E-state index contributed by atoms with van der Waals surface area (Å²) >= 11 is 0. The van der Waals surface area contributed by atoms with Gasteiger partial charge in [-0.05, 0) is 84.0 Å². The lowest BCUT2D eigenvalue weighted by atomic mass is 9.71. The van der Waals surface area contributed by atoms with E-state index < -0.39 is 12.3 Å². The van der Waals surface area contributed by atoms with Gasteiger partial charge in [0.2, 0.25) is 6.29 Å². The fraction of sp³-hybridized carbons (Fsp3) is 0.640. The Labute approximate surface area is 171 Å². The van der Waals surface area contributed by atoms with Gasteiger partial charge in [-0.2, -0.15) is 0 Å². The molecule has 0 spiro atoms. The molecule has 1 aliphatic carbocycles. The van der Waals surface area contributed by atoms with Gasteiger partial charge in [-0.15, -0.1) is 0 Å². The van der Waals surface area contributed by atoms with E-state index in [1.165, 1.54) is 49.3 Å². The number of allylic oxidation sites excluding steroid dienone is 6. The van der Waals surface area contributed by atoms with Crippen LogP contribution in [0.3, 0.4) is 0 Å². The van der Waals surface area contributed by atoms with Crippen LogP contribution in [0.15, 0.2) is 46.1 Å². The molecule has 1 aliphatic heterocycles. The van der Waals surface area contributed by atoms with Gasteiger partial charge in [-0.3, -0.25) is 0 Å². The minimum absolute atomic E-state index is 0.375. The zero-order valence-corrected chi connectivity index (χ0v) is 18.4. The molecule has 3 nitrogen and oxygen atoms in total. The molecule has 3 heteroatoms. The lowest BCUT2D eigenvalue weighted by Gasteiger charge is -2.35. The van der Waals surface area contributed by atoms with Crippen molar-refractivity contribution in [3.8, 4) is 0 Å². The fourth-order valence-electron chi connectivity index (χ4n) is 4.42. The van der Waals surface area contributed by atoms with Gasteiger partial charge in [0, 0.05) is 11.6 Å². The van der Waals surface area contributed by atoms with Gasteiger partial charge in [0.05, 0.1) is 0 Å². The van der Waals surface area contributed by atoms with Crippen LogP contribution in [0.25, 0.3) is 0 Å². The largest absolute Gasteiger partial charge is 0.429 e. The monoisotopic (exact) mass is 386 g/mol. The Hall–Kier alpha value is -1.61. The predicted molar refractivity (Wildman–Crippen MR) is 116 cm³/mol. The molecule has 0 bridgehead atoms. The Bertz CT molecular complexity index is 689. The van der Waals surface area contributed by atoms with Crippen LogP contribution in [0.1, 0.15) is 92.4 Å². The standard InChI is InChI=1S/C25H38O3/c1-18(11-7-13-21-17-23(26)28-24(21)27)9-6-10-19(2)14-15-22-20(3)12-8-16-25(22,4)5/h10-11,17,24,27H,6-9,12-16H2,1-5H3/b18-11-,19-10-/t24-/m0/s1. The Morgan fingerprint density at radius 1 is 1.18 bits per heavy atom. The number of aliphatic hydroxyl groups excluding tert-OH is 1. The molecule has 0 aromatic rings. The number of carbonyl (C=O) groups excluding carboxylic acids is 1. The number of hydrogen-bond acceptors (Lipinski definition) is 3. The zero-order chi connectivity index (χ0) is 20.7. The van der Waals surface area contributed by atoms with E-state index in [4.69, 9.17) is 4.74 Å². The highest BCUT2D eigenvalue weighted by Crippen LogP contribution is 2.42. The van der Waals surface area contributed by atoms with Crippen molar-refractivity contribution in [3.63, 3.8) is 0 Å². The molecular weight excluding hydrogens is 348 g/mol. The number of esters is 1. The van der Waals surface area contributed by atoms with Gasteiger partial charge in [0.1, 0.15) is 0 Å². The van der Waals surface area contributed by atoms with Crippen LogP contribution in [-0.4, -0.2) is 17.4 Å². The quantitative estimate of drug-likeness (QED) is 0.361. The van der Waals surface area contributed by atoms with Crippen LogP contribution in [-0.2, 0) is 9.53 Å². The lowest BCUT2D eigenvalue weighted by Crippen LogP contribution is -2.20. The molecule has 1 N–H and O–H groups in total. The highest BCUT2D eigenvalue weighted by Gasteiger charge is 2.27. The molecule has 1 atom stereocenters. The summed E-state index contributed by atoms with van der Waals surface area (Å²) < 4.78 is 4.70. The van der Waals surface area contributed by atoms with Crippen LogP contribution in [0.2, 0.25) is 0 Å². The second-order valence-corrected chi connectivity index (χ2v) is 9.18. The van der Waals surface area contributed by atoms with Crippen molar-refractivity contribution in [1.82, 2.24) is 0 Å². The molecular formula is C25H38O3. The molecule has 0 fully saturated rings. The molecule has 0 saturated carbocycles. The molecule has 156 valence electrons. The maximum Gasteiger partial charge on any atom is 0.333 e. The summed E-state index contributed by atoms with van der Waals surface area (Å²) in [4.78, 5) is 11.1. The fourth-order valence-corrected chi connectivity index (χ4v) is 4.42. The summed E-state index contributed by atoms with van der Waals surface area (Å²) in [5, 5.41) is 9.58. The topological polar surface area (TPSA) is 46.5 Å². The number of cyclic esters (lactones) is 1. The molecule has 0 aromatic carbocycles.